The third kappa shape index (κ3) is 4.32. The van der Waals surface area contributed by atoms with Crippen LogP contribution in [0.15, 0.2) is 17.0 Å². The molecular weight excluding hydrogens is 303 g/mol. The maximum Gasteiger partial charge on any atom is 0.262 e. The molecule has 0 bridgehead atoms. The number of halogens is 3. The Kier molecular flexibility index (Phi) is 4.41. The Labute approximate surface area is 116 Å². The van der Waals surface area contributed by atoms with E-state index in [1.54, 1.807) is 6.07 Å². The minimum Gasteiger partial charge on any atom is -0.207 e. The van der Waals surface area contributed by atoms with Crippen LogP contribution in [-0.2, 0) is 15.5 Å². The second-order valence-corrected chi connectivity index (χ2v) is 8.40. The highest BCUT2D eigenvalue weighted by molar-refractivity contribution is 8.13. The molecule has 2 nitrogen and oxygen atoms in total. The van der Waals surface area contributed by atoms with Gasteiger partial charge < -0.3 is 0 Å². The van der Waals surface area contributed by atoms with Crippen LogP contribution in [0.3, 0.4) is 0 Å². The molecule has 0 spiro atoms. The zero-order valence-corrected chi connectivity index (χ0v) is 12.8. The fraction of sp³-hybridized carbons (Fsp3) is 0.455. The van der Waals surface area contributed by atoms with Crippen molar-refractivity contribution in [2.75, 3.05) is 0 Å². The van der Waals surface area contributed by atoms with Crippen molar-refractivity contribution in [2.24, 2.45) is 5.41 Å². The van der Waals surface area contributed by atoms with Gasteiger partial charge >= 0.3 is 0 Å². The third-order valence-corrected chi connectivity index (χ3v) is 4.19. The Balaban J connectivity index is 3.40. The van der Waals surface area contributed by atoms with Crippen LogP contribution in [0, 0.1) is 5.41 Å². The van der Waals surface area contributed by atoms with Crippen LogP contribution in [0.25, 0.3) is 0 Å². The first-order valence-electron chi connectivity index (χ1n) is 4.93. The Hall–Kier alpha value is 0.0400. The summed E-state index contributed by atoms with van der Waals surface area (Å²) in [5, 5.41) is 0.465. The van der Waals surface area contributed by atoms with E-state index in [9.17, 15) is 8.42 Å². The van der Waals surface area contributed by atoms with Crippen LogP contribution >= 0.6 is 33.9 Å². The lowest BCUT2D eigenvalue weighted by molar-refractivity contribution is 0.411. The van der Waals surface area contributed by atoms with Gasteiger partial charge in [0.1, 0.15) is 4.90 Å². The van der Waals surface area contributed by atoms with Gasteiger partial charge in [0.15, 0.2) is 0 Å². The topological polar surface area (TPSA) is 34.1 Å². The Bertz CT molecular complexity index is 530. The normalized spacial score (nSPS) is 12.8. The molecule has 0 N–H and O–H groups in total. The fourth-order valence-electron chi connectivity index (χ4n) is 1.50. The van der Waals surface area contributed by atoms with Crippen molar-refractivity contribution in [1.29, 1.82) is 0 Å². The molecule has 0 radical (unpaired) electrons. The zero-order valence-electron chi connectivity index (χ0n) is 9.72. The van der Waals surface area contributed by atoms with Crippen molar-refractivity contribution in [2.45, 2.75) is 32.1 Å². The summed E-state index contributed by atoms with van der Waals surface area (Å²) in [7, 11) is 1.43. The smallest absolute Gasteiger partial charge is 0.207 e. The van der Waals surface area contributed by atoms with Crippen LogP contribution in [0.5, 0.6) is 0 Å². The van der Waals surface area contributed by atoms with Crippen LogP contribution in [-0.4, -0.2) is 8.42 Å². The van der Waals surface area contributed by atoms with Crippen molar-refractivity contribution < 1.29 is 8.42 Å². The average Bonchev–Trinajstić information content (AvgIpc) is 2.06. The summed E-state index contributed by atoms with van der Waals surface area (Å²) in [5.41, 5.74) is 0.660. The van der Waals surface area contributed by atoms with Crippen molar-refractivity contribution in [3.8, 4) is 0 Å². The predicted molar refractivity (Wildman–Crippen MR) is 72.7 cm³/mol. The maximum absolute atomic E-state index is 11.3. The van der Waals surface area contributed by atoms with Gasteiger partial charge in [0.2, 0.25) is 0 Å². The van der Waals surface area contributed by atoms with E-state index in [-0.39, 0.29) is 15.3 Å². The summed E-state index contributed by atoms with van der Waals surface area (Å²) >= 11 is 11.9. The molecule has 1 aromatic carbocycles. The van der Waals surface area contributed by atoms with Crippen LogP contribution in [0.4, 0.5) is 0 Å². The SMILES string of the molecule is CC(C)(C)Cc1cc(Cl)cc(S(=O)(=O)Cl)c1Cl. The summed E-state index contributed by atoms with van der Waals surface area (Å²) < 4.78 is 22.7. The van der Waals surface area contributed by atoms with Crippen molar-refractivity contribution in [3.63, 3.8) is 0 Å². The van der Waals surface area contributed by atoms with Crippen LogP contribution in [0.2, 0.25) is 10.0 Å². The molecule has 0 saturated carbocycles. The van der Waals surface area contributed by atoms with Gasteiger partial charge in [-0.2, -0.15) is 0 Å². The van der Waals surface area contributed by atoms with E-state index in [0.717, 1.165) is 0 Å². The molecule has 0 aliphatic heterocycles. The minimum atomic E-state index is -3.88. The highest BCUT2D eigenvalue weighted by Crippen LogP contribution is 2.34. The lowest BCUT2D eigenvalue weighted by atomic mass is 9.88. The number of hydrogen-bond acceptors (Lipinski definition) is 2. The number of hydrogen-bond donors (Lipinski definition) is 0. The Morgan fingerprint density at radius 3 is 2.12 bits per heavy atom. The van der Waals surface area contributed by atoms with Crippen LogP contribution < -0.4 is 0 Å². The molecule has 17 heavy (non-hydrogen) atoms. The molecule has 0 heterocycles. The van der Waals surface area contributed by atoms with E-state index >= 15 is 0 Å². The average molecular weight is 316 g/mol. The van der Waals surface area contributed by atoms with E-state index in [4.69, 9.17) is 33.9 Å². The monoisotopic (exact) mass is 314 g/mol. The summed E-state index contributed by atoms with van der Waals surface area (Å²) in [6.45, 7) is 6.08. The first-order chi connectivity index (χ1) is 7.50. The highest BCUT2D eigenvalue weighted by Gasteiger charge is 2.21. The van der Waals surface area contributed by atoms with E-state index in [2.05, 4.69) is 0 Å². The van der Waals surface area contributed by atoms with E-state index in [1.165, 1.54) is 6.07 Å². The Morgan fingerprint density at radius 2 is 1.71 bits per heavy atom. The van der Waals surface area contributed by atoms with E-state index < -0.39 is 9.05 Å². The second kappa shape index (κ2) is 4.96. The molecule has 96 valence electrons. The third-order valence-electron chi connectivity index (χ3n) is 2.06. The van der Waals surface area contributed by atoms with Crippen LogP contribution in [0.1, 0.15) is 26.3 Å². The molecule has 1 aromatic rings. The zero-order chi connectivity index (χ0) is 13.4. The molecule has 0 fully saturated rings. The summed E-state index contributed by atoms with van der Waals surface area (Å²) in [4.78, 5) is -0.132. The van der Waals surface area contributed by atoms with Crippen molar-refractivity contribution in [1.82, 2.24) is 0 Å². The minimum absolute atomic E-state index is 0.0261. The molecular formula is C11H13Cl3O2S. The molecule has 0 unspecified atom stereocenters. The van der Waals surface area contributed by atoms with E-state index in [1.807, 2.05) is 20.8 Å². The molecule has 6 heteroatoms. The fourth-order valence-corrected chi connectivity index (χ4v) is 3.38. The molecule has 0 atom stereocenters. The standard InChI is InChI=1S/C11H13Cl3O2S/c1-11(2,3)6-7-4-8(12)5-9(10(7)13)17(14,15)16/h4-5H,6H2,1-3H3. The first-order valence-corrected chi connectivity index (χ1v) is 8.00. The number of rotatable bonds is 2. The molecule has 0 aromatic heterocycles. The van der Waals surface area contributed by atoms with Crippen molar-refractivity contribution >= 4 is 42.9 Å². The van der Waals surface area contributed by atoms with Gasteiger partial charge in [-0.05, 0) is 29.5 Å². The lowest BCUT2D eigenvalue weighted by Gasteiger charge is -2.19. The molecule has 0 saturated heterocycles. The summed E-state index contributed by atoms with van der Waals surface area (Å²) in [6.07, 6.45) is 0.617. The first kappa shape index (κ1) is 15.1. The van der Waals surface area contributed by atoms with Gasteiger partial charge in [0.25, 0.3) is 9.05 Å². The van der Waals surface area contributed by atoms with Gasteiger partial charge in [-0.1, -0.05) is 44.0 Å². The van der Waals surface area contributed by atoms with Gasteiger partial charge in [-0.15, -0.1) is 0 Å². The van der Waals surface area contributed by atoms with Gasteiger partial charge in [0.05, 0.1) is 5.02 Å². The van der Waals surface area contributed by atoms with E-state index in [0.29, 0.717) is 17.0 Å². The largest absolute Gasteiger partial charge is 0.262 e. The second-order valence-electron chi connectivity index (χ2n) is 5.05. The Morgan fingerprint density at radius 1 is 1.18 bits per heavy atom. The molecule has 1 rings (SSSR count). The quantitative estimate of drug-likeness (QED) is 0.752. The molecule has 0 aliphatic carbocycles. The van der Waals surface area contributed by atoms with Gasteiger partial charge in [-0.3, -0.25) is 0 Å². The van der Waals surface area contributed by atoms with Gasteiger partial charge in [-0.25, -0.2) is 8.42 Å². The predicted octanol–water partition coefficient (Wildman–Crippen LogP) is 4.51. The molecule has 0 amide bonds. The van der Waals surface area contributed by atoms with Crippen molar-refractivity contribution in [3.05, 3.63) is 27.7 Å². The highest BCUT2D eigenvalue weighted by atomic mass is 35.7. The van der Waals surface area contributed by atoms with Gasteiger partial charge in [0, 0.05) is 15.7 Å². The number of benzene rings is 1. The summed E-state index contributed by atoms with van der Waals surface area (Å²) in [6, 6.07) is 2.93. The molecule has 0 aliphatic rings. The summed E-state index contributed by atoms with van der Waals surface area (Å²) in [5.74, 6) is 0. The maximum atomic E-state index is 11.3. The lowest BCUT2D eigenvalue weighted by Crippen LogP contribution is -2.10.